The molecule has 12 aromatic rings. The van der Waals surface area contributed by atoms with Crippen LogP contribution < -0.4 is 21.3 Å². The SMILES string of the molecule is [2H]c1c([2H])c([C@H]2[C@H](Nc3nc(SC([2H])([2H])CC)nc4c3nnn4[C@@H]3C[C@H](OCCO)[C@@H](O)[C@H]3O)C2([2H])[2H])c([2H])c(F)c1C.[2H]c1c([2H])c([C@H]2[C@H](Nc3nc(SCCC)nc4c3nnn4[C@@H]3C[C@H](OC([2H])([2H])C([2H])([2H])O)[C@@H](O)[C@H]3O)C2([2H])[2H])c([2H])c(F)c1C.[2H]c1c([2H])c([C@H]2[C@H](Nc3nc(SCCC)nc4c3nnn4[C@@H]3C[C@H](OC([2H])([2H])CO)[C@@H](O)[C@H]3O)C2([2H])[2H])c([2H])c(F)c1C.[2H]c1c([2H])c([C@H]2[C@H](Nc3nc(SCCC)nc4c3nnn4[C@@H]3C[C@H](OCC([2H])([2H])O)[C@@H](O)[C@H]3O)C2([2H])[2H])c([2H])c(F)c1C. The normalized spacial score (nSPS) is 32.5. The minimum Gasteiger partial charge on any atom is -0.394 e. The second-order valence-electron chi connectivity index (χ2n) is 34.5. The van der Waals surface area contributed by atoms with E-state index in [1.807, 2.05) is 20.8 Å². The highest BCUT2D eigenvalue weighted by Crippen LogP contribution is 2.50. The monoisotopic (exact) mass is 2100 g/mol. The third kappa shape index (κ3) is 23.8. The van der Waals surface area contributed by atoms with Crippen molar-refractivity contribution in [3.63, 3.8) is 0 Å². The van der Waals surface area contributed by atoms with Gasteiger partial charge in [-0.2, -0.15) is 0 Å². The number of nitrogens with one attached hydrogen (secondary N) is 4. The average Bonchev–Trinajstić information content (AvgIpc) is 1.55. The Hall–Kier alpha value is -9.52. The molecule has 0 saturated heterocycles. The van der Waals surface area contributed by atoms with Crippen molar-refractivity contribution in [3.05, 3.63) is 140 Å². The van der Waals surface area contributed by atoms with E-state index in [1.54, 1.807) is 6.92 Å². The summed E-state index contributed by atoms with van der Waals surface area (Å²) < 4.78 is 328. The van der Waals surface area contributed by atoms with E-state index < -0.39 is 312 Å². The van der Waals surface area contributed by atoms with Gasteiger partial charge < -0.3 is 101 Å². The number of ether oxygens (including phenoxy) is 4. The zero-order valence-corrected chi connectivity index (χ0v) is 81.3. The Labute approximate surface area is 885 Å². The van der Waals surface area contributed by atoms with Gasteiger partial charge in [-0.25, -0.2) is 76.2 Å². The minimum absolute atomic E-state index is 0.0126. The first-order valence-electron chi connectivity index (χ1n) is 61.1. The van der Waals surface area contributed by atoms with Crippen LogP contribution in [0.1, 0.15) is 238 Å². The number of fused-ring (bicyclic) bond motifs is 4. The minimum atomic E-state index is -3.41. The molecule has 4 aromatic carbocycles. The molecule has 8 aromatic heterocycles. The lowest BCUT2D eigenvalue weighted by Crippen LogP contribution is -2.33. The molecule has 144 heavy (non-hydrogen) atoms. The first-order valence-corrected chi connectivity index (χ1v) is 49.8. The van der Waals surface area contributed by atoms with E-state index in [-0.39, 0.29) is 178 Å². The molecular formula is C96H124F4N24O16S4. The molecule has 40 nitrogen and oxygen atoms in total. The maximum Gasteiger partial charge on any atom is 0.191 e. The van der Waals surface area contributed by atoms with Gasteiger partial charge in [-0.05, 0) is 148 Å². The molecule has 20 rings (SSSR count). The van der Waals surface area contributed by atoms with Gasteiger partial charge in [-0.3, -0.25) is 0 Å². The van der Waals surface area contributed by atoms with Crippen molar-refractivity contribution < 1.29 is 139 Å². The van der Waals surface area contributed by atoms with E-state index in [1.165, 1.54) is 81.7 Å². The third-order valence-electron chi connectivity index (χ3n) is 24.4. The fraction of sp³-hybridized carbons (Fsp3) is 0.583. The molecule has 8 aliphatic rings. The molecule has 0 unspecified atom stereocenters. The Morgan fingerprint density at radius 3 is 0.903 bits per heavy atom. The number of nitrogens with zero attached hydrogens (tertiary/aromatic N) is 20. The summed E-state index contributed by atoms with van der Waals surface area (Å²) in [6.45, 7) is -1.10. The zero-order valence-electron chi connectivity index (χ0n) is 108. The second-order valence-corrected chi connectivity index (χ2v) is 38.5. The number of aliphatic hydroxyl groups excluding tert-OH is 10. The summed E-state index contributed by atoms with van der Waals surface area (Å²) in [7, 11) is 0. The van der Waals surface area contributed by atoms with E-state index in [0.717, 1.165) is 19.3 Å². The Balaban J connectivity index is 0.000000154. The third-order valence-corrected chi connectivity index (χ3v) is 28.4. The van der Waals surface area contributed by atoms with Crippen LogP contribution >= 0.6 is 47.0 Å². The van der Waals surface area contributed by atoms with Gasteiger partial charge in [0.05, 0.1) is 129 Å². The lowest BCUT2D eigenvalue weighted by atomic mass is 10.1. The molecule has 16 N–H and O–H groups in total. The van der Waals surface area contributed by atoms with Gasteiger partial charge in [0.15, 0.2) is 88.6 Å². The Kier molecular flexibility index (Phi) is 24.2. The van der Waals surface area contributed by atoms with Crippen LogP contribution in [0.4, 0.5) is 40.8 Å². The van der Waals surface area contributed by atoms with Crippen molar-refractivity contribution in [3.8, 4) is 0 Å². The predicted molar refractivity (Wildman–Crippen MR) is 530 cm³/mol. The molecule has 8 saturated carbocycles. The van der Waals surface area contributed by atoms with Gasteiger partial charge in [0, 0.05) is 110 Å². The largest absolute Gasteiger partial charge is 0.394 e. The summed E-state index contributed by atoms with van der Waals surface area (Å²) >= 11 is 4.57. The summed E-state index contributed by atoms with van der Waals surface area (Å²) in [6, 6.07) is -14.2. The number of halogens is 4. The smallest absolute Gasteiger partial charge is 0.191 e. The molecule has 0 radical (unpaired) electrons. The van der Waals surface area contributed by atoms with Gasteiger partial charge >= 0.3 is 0 Å². The maximum absolute atomic E-state index is 14.7. The molecule has 0 aliphatic heterocycles. The standard InChI is InChI=1S/4C24H31FN6O4S/c4*1-3-8-36-24-27-22(26-16-10-14(16)13-5-4-12(2)15(25)9-13)19-23(28-24)31(30-29-19)17-11-18(35-7-6-32)21(34)20(17)33/h4*4-5,9,14,16-18,20-21,32-34H,3,6-8,10-11H2,1-2H3,(H,26,27,28)/t4*14-,16+,17+,18-,20-,21+/m0000/s1/i4D,5D,6D2,7D2,9D,10D2;4D,5D,8D2,9D,10D2;4D,5D,7D2,9D,10D2;4D,5D,6D2,9D,10D2. The van der Waals surface area contributed by atoms with Crippen molar-refractivity contribution in [2.75, 3.05) is 96.9 Å². The summed E-state index contributed by atoms with van der Waals surface area (Å²) in [5.41, 5.74) is -2.72. The number of hydrogen-bond donors (Lipinski definition) is 16. The highest BCUT2D eigenvalue weighted by Gasteiger charge is 2.51. The Morgan fingerprint density at radius 1 is 0.361 bits per heavy atom. The van der Waals surface area contributed by atoms with Crippen LogP contribution in [0.15, 0.2) is 93.1 Å². The summed E-state index contributed by atoms with van der Waals surface area (Å²) in [5, 5.41) is 168. The Morgan fingerprint density at radius 2 is 0.639 bits per heavy atom. The van der Waals surface area contributed by atoms with Crippen LogP contribution in [0, 0.1) is 51.0 Å². The van der Waals surface area contributed by atoms with Crippen molar-refractivity contribution in [1.82, 2.24) is 99.8 Å². The predicted octanol–water partition coefficient (Wildman–Crippen LogP) is 8.73. The molecule has 8 heterocycles. The average molecular weight is 2100 g/mol. The van der Waals surface area contributed by atoms with Crippen molar-refractivity contribution >= 4 is 115 Å². The highest BCUT2D eigenvalue weighted by molar-refractivity contribution is 7.99. The molecule has 0 amide bonds. The van der Waals surface area contributed by atoms with E-state index in [4.69, 9.17) is 65.2 Å². The van der Waals surface area contributed by atoms with E-state index >= 15 is 0 Å². The first-order chi connectivity index (χ1) is 81.2. The molecule has 24 atom stereocenters. The van der Waals surface area contributed by atoms with Crippen molar-refractivity contribution in [2.24, 2.45) is 0 Å². The molecule has 776 valence electrons. The van der Waals surface area contributed by atoms with Crippen LogP contribution in [0.5, 0.6) is 0 Å². The maximum atomic E-state index is 14.7. The second kappa shape index (κ2) is 47.3. The lowest BCUT2D eigenvalue weighted by Gasteiger charge is -2.17. The number of thioether (sulfide) groups is 4. The zero-order chi connectivity index (χ0) is 128. The number of rotatable bonds is 40. The van der Waals surface area contributed by atoms with Gasteiger partial charge in [0.1, 0.15) is 72.1 Å². The quantitative estimate of drug-likeness (QED) is 0.00969. The van der Waals surface area contributed by atoms with Crippen molar-refractivity contribution in [2.45, 2.75) is 298 Å². The van der Waals surface area contributed by atoms with Crippen LogP contribution in [0.25, 0.3) is 44.7 Å². The number of anilines is 4. The summed E-state index contributed by atoms with van der Waals surface area (Å²) in [5.74, 6) is -6.56. The molecule has 0 bridgehead atoms. The Bertz CT molecular complexity index is 7990. The van der Waals surface area contributed by atoms with Crippen LogP contribution in [0.3, 0.4) is 0 Å². The number of hydrogen-bond acceptors (Lipinski definition) is 40. The first kappa shape index (κ1) is 73.6. The van der Waals surface area contributed by atoms with E-state index in [9.17, 15) is 73.7 Å². The molecule has 48 heteroatoms. The molecule has 8 aliphatic carbocycles. The number of aliphatic hydroxyl groups is 12. The van der Waals surface area contributed by atoms with Gasteiger partial charge in [0.25, 0.3) is 0 Å². The summed E-state index contributed by atoms with van der Waals surface area (Å²) in [6.07, 6.45) is -22.3. The molecule has 8 fully saturated rings. The topological polar surface area (TPSA) is 554 Å². The van der Waals surface area contributed by atoms with Gasteiger partial charge in [0.2, 0.25) is 0 Å². The van der Waals surface area contributed by atoms with Crippen LogP contribution in [-0.2, 0) is 18.9 Å². The number of aromatic nitrogens is 20. The highest BCUT2D eigenvalue weighted by atomic mass is 32.2. The van der Waals surface area contributed by atoms with Crippen molar-refractivity contribution in [1.29, 1.82) is 0 Å². The fourth-order valence-electron chi connectivity index (χ4n) is 16.6. The van der Waals surface area contributed by atoms with E-state index in [2.05, 4.69) is 102 Å². The summed E-state index contributed by atoms with van der Waals surface area (Å²) in [4.78, 5) is 35.8. The van der Waals surface area contributed by atoms with Gasteiger partial charge in [-0.15, -0.1) is 20.4 Å². The molecular weight excluding hydrogens is 1950 g/mol. The molecule has 0 spiro atoms. The van der Waals surface area contributed by atoms with Crippen LogP contribution in [-0.4, -0.2) is 334 Å². The number of benzene rings is 4. The fourth-order valence-corrected chi connectivity index (χ4v) is 19.2. The van der Waals surface area contributed by atoms with Crippen LogP contribution in [0.2, 0.25) is 0 Å². The lowest BCUT2D eigenvalue weighted by molar-refractivity contribution is -0.0629. The van der Waals surface area contributed by atoms with E-state index in [0.29, 0.717) is 29.0 Å². The van der Waals surface area contributed by atoms with Gasteiger partial charge in [-0.1, -0.05) is 144 Å².